The Kier molecular flexibility index (Phi) is 5.27. The average molecular weight is 255 g/mol. The Bertz CT molecular complexity index is 362. The van der Waals surface area contributed by atoms with Gasteiger partial charge in [0.1, 0.15) is 11.6 Å². The lowest BCUT2D eigenvalue weighted by Crippen LogP contribution is -2.33. The van der Waals surface area contributed by atoms with E-state index in [-0.39, 0.29) is 16.9 Å². The fraction of sp³-hybridized carbons (Fsp3) is 0.600. The van der Waals surface area contributed by atoms with Crippen LogP contribution in [0.15, 0.2) is 18.2 Å². The Balaban J connectivity index is 2.89. The molecule has 0 fully saturated rings. The van der Waals surface area contributed by atoms with Gasteiger partial charge in [-0.2, -0.15) is 0 Å². The highest BCUT2D eigenvalue weighted by atomic mass is 19.1. The molecule has 1 atom stereocenters. The third-order valence-corrected chi connectivity index (χ3v) is 3.38. The van der Waals surface area contributed by atoms with Gasteiger partial charge in [0.15, 0.2) is 0 Å². The van der Waals surface area contributed by atoms with Gasteiger partial charge >= 0.3 is 0 Å². The van der Waals surface area contributed by atoms with Gasteiger partial charge in [-0.25, -0.2) is 8.78 Å². The molecule has 1 aromatic carbocycles. The van der Waals surface area contributed by atoms with Crippen molar-refractivity contribution in [2.75, 3.05) is 13.1 Å². The molecule has 1 unspecified atom stereocenters. The van der Waals surface area contributed by atoms with Crippen LogP contribution in [0.4, 0.5) is 8.78 Å². The molecule has 1 rings (SSSR count). The van der Waals surface area contributed by atoms with Crippen molar-refractivity contribution in [3.63, 3.8) is 0 Å². The van der Waals surface area contributed by atoms with Crippen LogP contribution < -0.4 is 5.32 Å². The first-order valence-electron chi connectivity index (χ1n) is 6.49. The lowest BCUT2D eigenvalue weighted by molar-refractivity contribution is 0.228. The monoisotopic (exact) mass is 255 g/mol. The van der Waals surface area contributed by atoms with Crippen molar-refractivity contribution < 1.29 is 8.78 Å². The zero-order valence-corrected chi connectivity index (χ0v) is 11.7. The molecule has 1 N–H and O–H groups in total. The topological polar surface area (TPSA) is 12.0 Å². The zero-order chi connectivity index (χ0) is 13.8. The minimum Gasteiger partial charge on any atom is -0.317 e. The molecule has 0 aliphatic carbocycles. The lowest BCUT2D eigenvalue weighted by Gasteiger charge is -2.31. The van der Waals surface area contributed by atoms with Crippen LogP contribution in [0.5, 0.6) is 0 Å². The molecule has 0 saturated carbocycles. The Hall–Kier alpha value is -0.960. The summed E-state index contributed by atoms with van der Waals surface area (Å²) in [5.74, 6) is -0.689. The summed E-state index contributed by atoms with van der Waals surface area (Å²) in [6.45, 7) is 9.98. The second kappa shape index (κ2) is 6.28. The van der Waals surface area contributed by atoms with Crippen LogP contribution in [0.25, 0.3) is 0 Å². The molecule has 0 heterocycles. The lowest BCUT2D eigenvalue weighted by atomic mass is 9.77. The SMILES string of the molecule is CCNCC(Cc1c(F)cccc1F)C(C)(C)C. The quantitative estimate of drug-likeness (QED) is 0.844. The summed E-state index contributed by atoms with van der Waals surface area (Å²) in [5.41, 5.74) is 0.215. The maximum Gasteiger partial charge on any atom is 0.129 e. The van der Waals surface area contributed by atoms with Crippen LogP contribution in [0.2, 0.25) is 0 Å². The number of nitrogens with one attached hydrogen (secondary N) is 1. The number of rotatable bonds is 5. The highest BCUT2D eigenvalue weighted by Gasteiger charge is 2.26. The third kappa shape index (κ3) is 4.05. The first-order chi connectivity index (χ1) is 8.36. The van der Waals surface area contributed by atoms with E-state index < -0.39 is 11.6 Å². The molecule has 0 aliphatic rings. The summed E-state index contributed by atoms with van der Waals surface area (Å²) in [6.07, 6.45) is 0.426. The molecule has 102 valence electrons. The standard InChI is InChI=1S/C15H23F2N/c1-5-18-10-11(15(2,3)4)9-12-13(16)7-6-8-14(12)17/h6-8,11,18H,5,9-10H2,1-4H3. The van der Waals surface area contributed by atoms with Crippen LogP contribution in [0.3, 0.4) is 0 Å². The molecule has 1 nitrogen and oxygen atoms in total. The number of halogens is 2. The van der Waals surface area contributed by atoms with E-state index >= 15 is 0 Å². The summed E-state index contributed by atoms with van der Waals surface area (Å²) in [5, 5.41) is 3.27. The van der Waals surface area contributed by atoms with Crippen LogP contribution in [-0.4, -0.2) is 13.1 Å². The van der Waals surface area contributed by atoms with Gasteiger partial charge in [-0.05, 0) is 43.0 Å². The highest BCUT2D eigenvalue weighted by Crippen LogP contribution is 2.30. The van der Waals surface area contributed by atoms with Crippen molar-refractivity contribution in [3.8, 4) is 0 Å². The van der Waals surface area contributed by atoms with Crippen molar-refractivity contribution in [1.82, 2.24) is 5.32 Å². The summed E-state index contributed by atoms with van der Waals surface area (Å²) < 4.78 is 27.3. The Morgan fingerprint density at radius 1 is 1.17 bits per heavy atom. The largest absolute Gasteiger partial charge is 0.317 e. The van der Waals surface area contributed by atoms with Crippen LogP contribution in [0, 0.1) is 23.0 Å². The summed E-state index contributed by atoms with van der Waals surface area (Å²) in [6, 6.07) is 4.06. The summed E-state index contributed by atoms with van der Waals surface area (Å²) >= 11 is 0. The number of benzene rings is 1. The molecule has 3 heteroatoms. The fourth-order valence-electron chi connectivity index (χ4n) is 1.98. The van der Waals surface area contributed by atoms with Gasteiger partial charge < -0.3 is 5.32 Å². The number of hydrogen-bond acceptors (Lipinski definition) is 1. The van der Waals surface area contributed by atoms with Gasteiger partial charge in [0.05, 0.1) is 0 Å². The van der Waals surface area contributed by atoms with E-state index in [4.69, 9.17) is 0 Å². The van der Waals surface area contributed by atoms with E-state index in [0.29, 0.717) is 6.42 Å². The van der Waals surface area contributed by atoms with E-state index in [1.165, 1.54) is 18.2 Å². The first-order valence-corrected chi connectivity index (χ1v) is 6.49. The van der Waals surface area contributed by atoms with Crippen molar-refractivity contribution in [2.45, 2.75) is 34.1 Å². The predicted molar refractivity (Wildman–Crippen MR) is 71.6 cm³/mol. The van der Waals surface area contributed by atoms with Crippen molar-refractivity contribution in [1.29, 1.82) is 0 Å². The summed E-state index contributed by atoms with van der Waals surface area (Å²) in [4.78, 5) is 0. The Morgan fingerprint density at radius 2 is 1.72 bits per heavy atom. The van der Waals surface area contributed by atoms with E-state index in [1.807, 2.05) is 6.92 Å². The van der Waals surface area contributed by atoms with E-state index in [0.717, 1.165) is 13.1 Å². The maximum absolute atomic E-state index is 13.7. The predicted octanol–water partition coefficient (Wildman–Crippen LogP) is 3.78. The van der Waals surface area contributed by atoms with Crippen molar-refractivity contribution >= 4 is 0 Å². The summed E-state index contributed by atoms with van der Waals surface area (Å²) in [7, 11) is 0. The molecule has 0 amide bonds. The smallest absolute Gasteiger partial charge is 0.129 e. The molecule has 0 aromatic heterocycles. The van der Waals surface area contributed by atoms with E-state index in [1.54, 1.807) is 0 Å². The fourth-order valence-corrected chi connectivity index (χ4v) is 1.98. The molecular formula is C15H23F2N. The second-order valence-corrected chi connectivity index (χ2v) is 5.77. The highest BCUT2D eigenvalue weighted by molar-refractivity contribution is 5.20. The van der Waals surface area contributed by atoms with Crippen molar-refractivity contribution in [3.05, 3.63) is 35.4 Å². The Labute approximate surface area is 109 Å². The molecule has 0 saturated heterocycles. The molecule has 0 aliphatic heterocycles. The van der Waals surface area contributed by atoms with E-state index in [9.17, 15) is 8.78 Å². The first kappa shape index (κ1) is 15.1. The normalized spacial score (nSPS) is 13.7. The van der Waals surface area contributed by atoms with Gasteiger partial charge in [-0.3, -0.25) is 0 Å². The van der Waals surface area contributed by atoms with Crippen LogP contribution >= 0.6 is 0 Å². The third-order valence-electron chi connectivity index (χ3n) is 3.38. The van der Waals surface area contributed by atoms with Crippen LogP contribution in [-0.2, 0) is 6.42 Å². The minimum atomic E-state index is -0.444. The molecule has 0 radical (unpaired) electrons. The molecular weight excluding hydrogens is 232 g/mol. The van der Waals surface area contributed by atoms with Gasteiger partial charge in [0.2, 0.25) is 0 Å². The van der Waals surface area contributed by atoms with Crippen molar-refractivity contribution in [2.24, 2.45) is 11.3 Å². The van der Waals surface area contributed by atoms with E-state index in [2.05, 4.69) is 26.1 Å². The minimum absolute atomic E-state index is 0.0108. The van der Waals surface area contributed by atoms with Crippen LogP contribution in [0.1, 0.15) is 33.3 Å². The van der Waals surface area contributed by atoms with Gasteiger partial charge in [0.25, 0.3) is 0 Å². The maximum atomic E-state index is 13.7. The molecule has 1 aromatic rings. The van der Waals surface area contributed by atoms with Gasteiger partial charge in [-0.15, -0.1) is 0 Å². The van der Waals surface area contributed by atoms with Gasteiger partial charge in [0, 0.05) is 5.56 Å². The average Bonchev–Trinajstić information content (AvgIpc) is 2.26. The Morgan fingerprint density at radius 3 is 2.17 bits per heavy atom. The molecule has 0 bridgehead atoms. The van der Waals surface area contributed by atoms with Gasteiger partial charge in [-0.1, -0.05) is 33.8 Å². The molecule has 18 heavy (non-hydrogen) atoms. The molecule has 0 spiro atoms. The second-order valence-electron chi connectivity index (χ2n) is 5.77. The number of hydrogen-bond donors (Lipinski definition) is 1. The zero-order valence-electron chi connectivity index (χ0n) is 11.7.